The minimum Gasteiger partial charge on any atom is -0.353 e. The molecule has 0 aliphatic rings. The molecule has 0 unspecified atom stereocenters. The second-order valence-corrected chi connectivity index (χ2v) is 7.38. The first-order chi connectivity index (χ1) is 12.2. The first kappa shape index (κ1) is 20.2. The Bertz CT molecular complexity index is 747. The van der Waals surface area contributed by atoms with Crippen LogP contribution in [0.5, 0.6) is 0 Å². The zero-order valence-electron chi connectivity index (χ0n) is 15.7. The van der Waals surface area contributed by atoms with Crippen LogP contribution < -0.4 is 16.0 Å². The van der Waals surface area contributed by atoms with E-state index in [4.69, 9.17) is 23.8 Å². The molecule has 6 heteroatoms. The monoisotopic (exact) mass is 389 g/mol. The van der Waals surface area contributed by atoms with Crippen LogP contribution in [-0.2, 0) is 4.79 Å². The molecule has 0 atom stereocenters. The normalized spacial score (nSPS) is 10.4. The van der Waals surface area contributed by atoms with Gasteiger partial charge in [0.25, 0.3) is 0 Å². The number of aryl methyl sites for hydroxylation is 5. The molecule has 0 aromatic heterocycles. The molecule has 26 heavy (non-hydrogen) atoms. The van der Waals surface area contributed by atoms with Crippen molar-refractivity contribution < 1.29 is 4.79 Å². The van der Waals surface area contributed by atoms with Gasteiger partial charge in [0.05, 0.1) is 17.3 Å². The van der Waals surface area contributed by atoms with Gasteiger partial charge in [0.1, 0.15) is 0 Å². The number of nitrogens with one attached hydrogen (secondary N) is 3. The predicted octanol–water partition coefficient (Wildman–Crippen LogP) is 4.81. The Balaban J connectivity index is 1.95. The third-order valence-corrected chi connectivity index (χ3v) is 4.57. The summed E-state index contributed by atoms with van der Waals surface area (Å²) >= 11 is 11.5. The number of benzene rings is 2. The number of thiocarbonyl (C=S) groups is 1. The molecule has 4 nitrogen and oxygen atoms in total. The first-order valence-corrected chi connectivity index (χ1v) is 9.15. The van der Waals surface area contributed by atoms with E-state index in [0.29, 0.717) is 10.1 Å². The van der Waals surface area contributed by atoms with Crippen LogP contribution in [0.2, 0.25) is 5.02 Å². The molecule has 0 aliphatic carbocycles. The van der Waals surface area contributed by atoms with Gasteiger partial charge >= 0.3 is 0 Å². The van der Waals surface area contributed by atoms with Crippen LogP contribution in [-0.4, -0.2) is 17.6 Å². The first-order valence-electron chi connectivity index (χ1n) is 8.36. The fourth-order valence-corrected chi connectivity index (χ4v) is 3.50. The van der Waals surface area contributed by atoms with Crippen molar-refractivity contribution in [2.75, 3.05) is 17.2 Å². The van der Waals surface area contributed by atoms with Crippen molar-refractivity contribution >= 4 is 46.2 Å². The minimum atomic E-state index is -0.157. The average molecular weight is 390 g/mol. The van der Waals surface area contributed by atoms with Gasteiger partial charge in [-0.15, -0.1) is 0 Å². The minimum absolute atomic E-state index is 0.0706. The average Bonchev–Trinajstić information content (AvgIpc) is 2.52. The second kappa shape index (κ2) is 8.52. The zero-order chi connectivity index (χ0) is 19.4. The van der Waals surface area contributed by atoms with Crippen LogP contribution in [0.3, 0.4) is 0 Å². The van der Waals surface area contributed by atoms with Crippen molar-refractivity contribution in [3.05, 3.63) is 57.1 Å². The number of carbonyl (C=O) groups is 1. The molecule has 0 fully saturated rings. The zero-order valence-corrected chi connectivity index (χ0v) is 17.3. The maximum atomic E-state index is 12.3. The van der Waals surface area contributed by atoms with Gasteiger partial charge in [-0.2, -0.15) is 0 Å². The summed E-state index contributed by atoms with van der Waals surface area (Å²) in [5.74, 6) is -0.157. The Morgan fingerprint density at radius 3 is 1.92 bits per heavy atom. The van der Waals surface area contributed by atoms with Gasteiger partial charge in [-0.25, -0.2) is 0 Å². The molecule has 138 valence electrons. The maximum Gasteiger partial charge on any atom is 0.243 e. The molecule has 2 rings (SSSR count). The number of carbonyl (C=O) groups excluding carboxylic acids is 1. The highest BCUT2D eigenvalue weighted by Crippen LogP contribution is 2.27. The van der Waals surface area contributed by atoms with Gasteiger partial charge < -0.3 is 16.0 Å². The molecule has 3 N–H and O–H groups in total. The molecule has 2 aromatic rings. The Kier molecular flexibility index (Phi) is 6.62. The van der Waals surface area contributed by atoms with Gasteiger partial charge in [0.15, 0.2) is 5.11 Å². The van der Waals surface area contributed by atoms with Crippen molar-refractivity contribution in [2.45, 2.75) is 34.6 Å². The molecule has 0 aliphatic heterocycles. The Hall–Kier alpha value is -2.11. The van der Waals surface area contributed by atoms with Crippen LogP contribution in [0.25, 0.3) is 0 Å². The van der Waals surface area contributed by atoms with Crippen molar-refractivity contribution in [1.82, 2.24) is 5.32 Å². The molecule has 0 spiro atoms. The fraction of sp³-hybridized carbons (Fsp3) is 0.300. The van der Waals surface area contributed by atoms with E-state index in [0.717, 1.165) is 33.6 Å². The highest BCUT2D eigenvalue weighted by atomic mass is 35.5. The number of hydrogen-bond acceptors (Lipinski definition) is 2. The van der Waals surface area contributed by atoms with E-state index in [1.165, 1.54) is 5.56 Å². The number of hydrogen-bond donors (Lipinski definition) is 3. The summed E-state index contributed by atoms with van der Waals surface area (Å²) in [6, 6.07) is 7.98. The van der Waals surface area contributed by atoms with Crippen LogP contribution in [0.4, 0.5) is 11.4 Å². The van der Waals surface area contributed by atoms with Crippen molar-refractivity contribution in [3.8, 4) is 0 Å². The molecule has 0 saturated carbocycles. The molecule has 0 heterocycles. The number of halogens is 1. The van der Waals surface area contributed by atoms with Crippen LogP contribution >= 0.6 is 23.8 Å². The maximum absolute atomic E-state index is 12.3. The fourth-order valence-electron chi connectivity index (χ4n) is 2.95. The molecule has 2 aromatic carbocycles. The number of rotatable bonds is 4. The van der Waals surface area contributed by atoms with Crippen LogP contribution in [0.1, 0.15) is 27.8 Å². The van der Waals surface area contributed by atoms with Crippen molar-refractivity contribution in [2.24, 2.45) is 0 Å². The summed E-state index contributed by atoms with van der Waals surface area (Å²) in [7, 11) is 0. The van der Waals surface area contributed by atoms with Gasteiger partial charge in [0, 0.05) is 5.69 Å². The van der Waals surface area contributed by atoms with E-state index in [-0.39, 0.29) is 12.5 Å². The Morgan fingerprint density at radius 2 is 1.38 bits per heavy atom. The number of anilines is 2. The van der Waals surface area contributed by atoms with Crippen LogP contribution in [0, 0.1) is 34.6 Å². The highest BCUT2D eigenvalue weighted by molar-refractivity contribution is 7.80. The van der Waals surface area contributed by atoms with Gasteiger partial charge in [-0.05, 0) is 75.2 Å². The van der Waals surface area contributed by atoms with Crippen molar-refractivity contribution in [3.63, 3.8) is 0 Å². The smallest absolute Gasteiger partial charge is 0.243 e. The molecule has 0 radical (unpaired) electrons. The number of amides is 1. The van der Waals surface area contributed by atoms with E-state index in [9.17, 15) is 4.79 Å². The largest absolute Gasteiger partial charge is 0.353 e. The van der Waals surface area contributed by atoms with E-state index < -0.39 is 0 Å². The molecule has 1 amide bonds. The van der Waals surface area contributed by atoms with E-state index in [1.54, 1.807) is 0 Å². The lowest BCUT2D eigenvalue weighted by Gasteiger charge is -2.16. The Morgan fingerprint density at radius 1 is 0.885 bits per heavy atom. The van der Waals surface area contributed by atoms with Gasteiger partial charge in [-0.3, -0.25) is 4.79 Å². The molecular weight excluding hydrogens is 366 g/mol. The van der Waals surface area contributed by atoms with Crippen LogP contribution in [0.15, 0.2) is 24.3 Å². The standard InChI is InChI=1S/C20H24ClN3OS/c1-11-6-13(3)18(14(4)7-11)23-17(25)10-22-20(26)24-19-15(5)8-12(2)9-16(19)21/h6-9H,10H2,1-5H3,(H,23,25)(H2,22,24,26). The lowest BCUT2D eigenvalue weighted by Crippen LogP contribution is -2.36. The lowest BCUT2D eigenvalue weighted by atomic mass is 10.1. The third-order valence-electron chi connectivity index (χ3n) is 4.02. The predicted molar refractivity (Wildman–Crippen MR) is 114 cm³/mol. The summed E-state index contributed by atoms with van der Waals surface area (Å²) in [6.45, 7) is 10.0. The molecular formula is C20H24ClN3OS. The topological polar surface area (TPSA) is 53.2 Å². The van der Waals surface area contributed by atoms with E-state index in [2.05, 4.69) is 16.0 Å². The quantitative estimate of drug-likeness (QED) is 0.657. The van der Waals surface area contributed by atoms with E-state index in [1.807, 2.05) is 58.9 Å². The summed E-state index contributed by atoms with van der Waals surface area (Å²) in [5.41, 5.74) is 6.93. The molecule has 0 saturated heterocycles. The third kappa shape index (κ3) is 5.19. The Labute approximate surface area is 165 Å². The van der Waals surface area contributed by atoms with Gasteiger partial charge in [-0.1, -0.05) is 35.4 Å². The lowest BCUT2D eigenvalue weighted by molar-refractivity contribution is -0.115. The summed E-state index contributed by atoms with van der Waals surface area (Å²) in [6.07, 6.45) is 0. The van der Waals surface area contributed by atoms with Crippen molar-refractivity contribution in [1.29, 1.82) is 0 Å². The SMILES string of the molecule is Cc1cc(C)c(NC(=O)CNC(=S)Nc2c(C)cc(C)cc2Cl)c(C)c1. The highest BCUT2D eigenvalue weighted by Gasteiger charge is 2.10. The molecule has 0 bridgehead atoms. The summed E-state index contributed by atoms with van der Waals surface area (Å²) < 4.78 is 0. The summed E-state index contributed by atoms with van der Waals surface area (Å²) in [4.78, 5) is 12.3. The summed E-state index contributed by atoms with van der Waals surface area (Å²) in [5, 5.41) is 9.88. The van der Waals surface area contributed by atoms with E-state index >= 15 is 0 Å². The van der Waals surface area contributed by atoms with Gasteiger partial charge in [0.2, 0.25) is 5.91 Å². The second-order valence-electron chi connectivity index (χ2n) is 6.57.